The monoisotopic (exact) mass is 190 g/mol. The zero-order valence-corrected chi connectivity index (χ0v) is 8.06. The Morgan fingerprint density at radius 1 is 1.50 bits per heavy atom. The number of piperazine rings is 1. The van der Waals surface area contributed by atoms with Crippen molar-refractivity contribution in [3.8, 4) is 0 Å². The number of halogens is 1. The molecule has 2 atom stereocenters. The second-order valence-corrected chi connectivity index (χ2v) is 3.51. The molecule has 0 aliphatic carbocycles. The van der Waals surface area contributed by atoms with Crippen LogP contribution in [0, 0.1) is 0 Å². The number of fused-ring (bicyclic) bond motifs is 3. The largest absolute Gasteiger partial charge is 0.337 e. The average Bonchev–Trinajstić information content (AvgIpc) is 2.06. The predicted molar refractivity (Wildman–Crippen MR) is 49.4 cm³/mol. The fourth-order valence-electron chi connectivity index (χ4n) is 2.09. The van der Waals surface area contributed by atoms with Crippen molar-refractivity contribution in [2.75, 3.05) is 13.1 Å². The number of hydrogen-bond donors (Lipinski definition) is 1. The molecule has 3 fully saturated rings. The van der Waals surface area contributed by atoms with Crippen LogP contribution < -0.4 is 5.32 Å². The minimum atomic E-state index is 0. The molecule has 12 heavy (non-hydrogen) atoms. The predicted octanol–water partition coefficient (Wildman–Crippen LogP) is 0.391. The van der Waals surface area contributed by atoms with Crippen LogP contribution in [0.25, 0.3) is 0 Å². The normalized spacial score (nSPS) is 32.9. The highest BCUT2D eigenvalue weighted by atomic mass is 35.5. The van der Waals surface area contributed by atoms with Crippen LogP contribution in [0.4, 0.5) is 0 Å². The molecule has 3 saturated heterocycles. The van der Waals surface area contributed by atoms with Gasteiger partial charge in [0.05, 0.1) is 0 Å². The topological polar surface area (TPSA) is 32.3 Å². The van der Waals surface area contributed by atoms with Gasteiger partial charge >= 0.3 is 0 Å². The van der Waals surface area contributed by atoms with Gasteiger partial charge in [-0.05, 0) is 12.8 Å². The zero-order valence-electron chi connectivity index (χ0n) is 7.25. The fraction of sp³-hybridized carbons (Fsp3) is 0.875. The summed E-state index contributed by atoms with van der Waals surface area (Å²) in [5, 5.41) is 3.41. The van der Waals surface area contributed by atoms with Crippen LogP contribution in [-0.2, 0) is 4.79 Å². The molecule has 2 bridgehead atoms. The third-order valence-corrected chi connectivity index (χ3v) is 2.75. The summed E-state index contributed by atoms with van der Waals surface area (Å²) in [5.41, 5.74) is 0. The quantitative estimate of drug-likeness (QED) is 0.600. The van der Waals surface area contributed by atoms with E-state index in [2.05, 4.69) is 5.32 Å². The molecule has 3 aliphatic rings. The molecular formula is C8H15ClN2O. The van der Waals surface area contributed by atoms with E-state index in [9.17, 15) is 4.79 Å². The van der Waals surface area contributed by atoms with Crippen LogP contribution in [0.5, 0.6) is 0 Å². The zero-order chi connectivity index (χ0) is 7.84. The number of piperidine rings is 2. The van der Waals surface area contributed by atoms with Gasteiger partial charge in [-0.15, -0.1) is 12.4 Å². The number of rotatable bonds is 0. The number of hydrogen-bond acceptors (Lipinski definition) is 2. The van der Waals surface area contributed by atoms with Crippen molar-refractivity contribution in [1.29, 1.82) is 0 Å². The minimum absolute atomic E-state index is 0. The Balaban J connectivity index is 0.000000720. The number of carbonyl (C=O) groups excluding carboxylic acids is 1. The molecule has 3 rings (SSSR count). The van der Waals surface area contributed by atoms with Crippen LogP contribution >= 0.6 is 12.4 Å². The summed E-state index contributed by atoms with van der Waals surface area (Å²) in [7, 11) is 0. The van der Waals surface area contributed by atoms with Crippen molar-refractivity contribution in [2.45, 2.75) is 31.8 Å². The van der Waals surface area contributed by atoms with Gasteiger partial charge in [-0.25, -0.2) is 0 Å². The number of nitrogens with one attached hydrogen (secondary N) is 1. The fourth-order valence-corrected chi connectivity index (χ4v) is 2.09. The molecule has 0 spiro atoms. The number of nitrogens with zero attached hydrogens (tertiary/aromatic N) is 1. The summed E-state index contributed by atoms with van der Waals surface area (Å²) in [6.45, 7) is 3.60. The van der Waals surface area contributed by atoms with Crippen molar-refractivity contribution in [3.63, 3.8) is 0 Å². The first kappa shape index (κ1) is 9.81. The number of amides is 1. The van der Waals surface area contributed by atoms with E-state index >= 15 is 0 Å². The molecule has 0 saturated carbocycles. The van der Waals surface area contributed by atoms with Gasteiger partial charge in [-0.1, -0.05) is 0 Å². The Morgan fingerprint density at radius 3 is 2.50 bits per heavy atom. The first-order valence-electron chi connectivity index (χ1n) is 4.28. The van der Waals surface area contributed by atoms with Crippen LogP contribution in [0.3, 0.4) is 0 Å². The van der Waals surface area contributed by atoms with Gasteiger partial charge in [0.2, 0.25) is 5.91 Å². The molecule has 1 N–H and O–H groups in total. The van der Waals surface area contributed by atoms with Gasteiger partial charge in [0.15, 0.2) is 0 Å². The maximum Gasteiger partial charge on any atom is 0.219 e. The molecule has 2 unspecified atom stereocenters. The van der Waals surface area contributed by atoms with E-state index in [4.69, 9.17) is 0 Å². The van der Waals surface area contributed by atoms with Gasteiger partial charge in [-0.3, -0.25) is 4.79 Å². The lowest BCUT2D eigenvalue weighted by Gasteiger charge is -2.45. The molecular weight excluding hydrogens is 176 g/mol. The Bertz CT molecular complexity index is 178. The average molecular weight is 191 g/mol. The van der Waals surface area contributed by atoms with E-state index in [0.29, 0.717) is 12.1 Å². The molecule has 70 valence electrons. The van der Waals surface area contributed by atoms with Gasteiger partial charge in [0.1, 0.15) is 0 Å². The van der Waals surface area contributed by atoms with E-state index < -0.39 is 0 Å². The number of carbonyl (C=O) groups is 1. The summed E-state index contributed by atoms with van der Waals surface area (Å²) in [4.78, 5) is 13.1. The van der Waals surface area contributed by atoms with Gasteiger partial charge in [-0.2, -0.15) is 0 Å². The van der Waals surface area contributed by atoms with Gasteiger partial charge in [0.25, 0.3) is 0 Å². The lowest BCUT2D eigenvalue weighted by molar-refractivity contribution is -0.134. The summed E-state index contributed by atoms with van der Waals surface area (Å²) in [5.74, 6) is 0.237. The van der Waals surface area contributed by atoms with Crippen LogP contribution in [0.15, 0.2) is 0 Å². The third kappa shape index (κ3) is 1.57. The molecule has 4 heteroatoms. The van der Waals surface area contributed by atoms with Crippen LogP contribution in [0.1, 0.15) is 19.8 Å². The standard InChI is InChI=1S/C8H14N2O.ClH/c1-6(11)10-5-7-2-3-8(10)4-9-7;/h7-9H,2-5H2,1H3;1H. The van der Waals surface area contributed by atoms with Gasteiger partial charge < -0.3 is 10.2 Å². The second-order valence-electron chi connectivity index (χ2n) is 3.51. The minimum Gasteiger partial charge on any atom is -0.337 e. The van der Waals surface area contributed by atoms with Crippen molar-refractivity contribution in [2.24, 2.45) is 0 Å². The van der Waals surface area contributed by atoms with Crippen molar-refractivity contribution < 1.29 is 4.79 Å². The van der Waals surface area contributed by atoms with Crippen molar-refractivity contribution in [3.05, 3.63) is 0 Å². The molecule has 0 aromatic rings. The molecule has 3 nitrogen and oxygen atoms in total. The smallest absolute Gasteiger partial charge is 0.219 e. The highest BCUT2D eigenvalue weighted by Gasteiger charge is 2.34. The summed E-state index contributed by atoms with van der Waals surface area (Å²) in [6.07, 6.45) is 2.44. The van der Waals surface area contributed by atoms with E-state index in [1.165, 1.54) is 12.8 Å². The molecule has 0 aromatic heterocycles. The highest BCUT2D eigenvalue weighted by molar-refractivity contribution is 5.85. The molecule has 0 radical (unpaired) electrons. The first-order chi connectivity index (χ1) is 5.27. The van der Waals surface area contributed by atoms with E-state index in [-0.39, 0.29) is 18.3 Å². The molecule has 3 aliphatic heterocycles. The molecule has 1 amide bonds. The highest BCUT2D eigenvalue weighted by Crippen LogP contribution is 2.21. The van der Waals surface area contributed by atoms with Crippen LogP contribution in [0.2, 0.25) is 0 Å². The van der Waals surface area contributed by atoms with Crippen molar-refractivity contribution >= 4 is 18.3 Å². The van der Waals surface area contributed by atoms with E-state index in [0.717, 1.165) is 13.1 Å². The summed E-state index contributed by atoms with van der Waals surface area (Å²) in [6, 6.07) is 1.06. The Labute approximate surface area is 78.9 Å². The SMILES string of the molecule is CC(=O)N1CC2CCC1CN2.Cl. The van der Waals surface area contributed by atoms with Gasteiger partial charge in [0, 0.05) is 32.1 Å². The van der Waals surface area contributed by atoms with Crippen molar-refractivity contribution in [1.82, 2.24) is 10.2 Å². The lowest BCUT2D eigenvalue weighted by atomic mass is 9.93. The summed E-state index contributed by atoms with van der Waals surface area (Å²) >= 11 is 0. The second kappa shape index (κ2) is 3.62. The first-order valence-corrected chi connectivity index (χ1v) is 4.28. The lowest BCUT2D eigenvalue weighted by Crippen LogP contribution is -2.62. The maximum atomic E-state index is 11.1. The Hall–Kier alpha value is -0.280. The Kier molecular flexibility index (Phi) is 2.96. The summed E-state index contributed by atoms with van der Waals surface area (Å²) < 4.78 is 0. The van der Waals surface area contributed by atoms with E-state index in [1.54, 1.807) is 6.92 Å². The van der Waals surface area contributed by atoms with Crippen LogP contribution in [-0.4, -0.2) is 36.0 Å². The Morgan fingerprint density at radius 2 is 2.25 bits per heavy atom. The maximum absolute atomic E-state index is 11.1. The molecule has 3 heterocycles. The molecule has 0 aromatic carbocycles. The third-order valence-electron chi connectivity index (χ3n) is 2.75. The van der Waals surface area contributed by atoms with E-state index in [1.807, 2.05) is 4.90 Å².